The molecule has 3 heteroatoms. The van der Waals surface area contributed by atoms with Crippen molar-refractivity contribution in [3.8, 4) is 0 Å². The van der Waals surface area contributed by atoms with Crippen LogP contribution in [0.1, 0.15) is 64.7 Å². The normalized spacial score (nSPS) is 33.2. The number of carboxylic acid groups (broad SMARTS) is 1. The van der Waals surface area contributed by atoms with Crippen molar-refractivity contribution in [3.63, 3.8) is 0 Å². The third-order valence-corrected chi connectivity index (χ3v) is 4.67. The molecule has 2 rings (SSSR count). The molecule has 98 valence electrons. The van der Waals surface area contributed by atoms with Gasteiger partial charge in [0, 0.05) is 6.04 Å². The molecule has 3 nitrogen and oxygen atoms in total. The van der Waals surface area contributed by atoms with E-state index in [1.54, 1.807) is 0 Å². The lowest BCUT2D eigenvalue weighted by atomic mass is 9.85. The third-order valence-electron chi connectivity index (χ3n) is 4.67. The van der Waals surface area contributed by atoms with Crippen molar-refractivity contribution in [1.82, 2.24) is 4.90 Å². The zero-order chi connectivity index (χ0) is 12.3. The van der Waals surface area contributed by atoms with Crippen LogP contribution in [-0.4, -0.2) is 34.1 Å². The van der Waals surface area contributed by atoms with Gasteiger partial charge >= 0.3 is 5.97 Å². The van der Waals surface area contributed by atoms with Gasteiger partial charge in [0.1, 0.15) is 5.54 Å². The molecule has 0 radical (unpaired) electrons. The monoisotopic (exact) mass is 239 g/mol. The molecular weight excluding hydrogens is 214 g/mol. The highest BCUT2D eigenvalue weighted by molar-refractivity contribution is 5.78. The van der Waals surface area contributed by atoms with Crippen LogP contribution in [0.25, 0.3) is 0 Å². The Morgan fingerprint density at radius 2 is 1.76 bits per heavy atom. The molecule has 1 aliphatic carbocycles. The smallest absolute Gasteiger partial charge is 0.323 e. The molecule has 0 spiro atoms. The van der Waals surface area contributed by atoms with Crippen LogP contribution in [0.4, 0.5) is 0 Å². The van der Waals surface area contributed by atoms with E-state index in [4.69, 9.17) is 0 Å². The average molecular weight is 239 g/mol. The van der Waals surface area contributed by atoms with Gasteiger partial charge in [0.25, 0.3) is 0 Å². The molecule has 1 heterocycles. The molecule has 0 amide bonds. The first-order chi connectivity index (χ1) is 8.14. The predicted octanol–water partition coefficient (Wildman–Crippen LogP) is 3.04. The van der Waals surface area contributed by atoms with Gasteiger partial charge in [0.2, 0.25) is 0 Å². The second-order valence-corrected chi connectivity index (χ2v) is 5.87. The third kappa shape index (κ3) is 2.65. The van der Waals surface area contributed by atoms with E-state index in [1.807, 2.05) is 6.92 Å². The zero-order valence-electron chi connectivity index (χ0n) is 11.0. The number of rotatable bonds is 2. The minimum Gasteiger partial charge on any atom is -0.480 e. The van der Waals surface area contributed by atoms with Crippen molar-refractivity contribution < 1.29 is 9.90 Å². The molecule has 0 aromatic heterocycles. The fraction of sp³-hybridized carbons (Fsp3) is 0.929. The summed E-state index contributed by atoms with van der Waals surface area (Å²) in [5.74, 6) is -0.624. The largest absolute Gasteiger partial charge is 0.480 e. The van der Waals surface area contributed by atoms with Crippen molar-refractivity contribution in [2.45, 2.75) is 76.3 Å². The fourth-order valence-electron chi connectivity index (χ4n) is 3.53. The Kier molecular flexibility index (Phi) is 4.08. The lowest BCUT2D eigenvalue weighted by Crippen LogP contribution is -2.58. The molecule has 0 aromatic carbocycles. The number of hydrogen-bond donors (Lipinski definition) is 1. The lowest BCUT2D eigenvalue weighted by molar-refractivity contribution is -0.155. The van der Waals surface area contributed by atoms with Crippen molar-refractivity contribution in [2.24, 2.45) is 0 Å². The highest BCUT2D eigenvalue weighted by Gasteiger charge is 2.44. The van der Waals surface area contributed by atoms with Crippen molar-refractivity contribution in [3.05, 3.63) is 0 Å². The predicted molar refractivity (Wildman–Crippen MR) is 68.1 cm³/mol. The van der Waals surface area contributed by atoms with Crippen LogP contribution < -0.4 is 0 Å². The van der Waals surface area contributed by atoms with Crippen LogP contribution in [-0.2, 0) is 4.79 Å². The lowest BCUT2D eigenvalue weighted by Gasteiger charge is -2.46. The Balaban J connectivity index is 2.12. The molecule has 1 N–H and O–H groups in total. The maximum atomic E-state index is 11.6. The number of carboxylic acids is 1. The van der Waals surface area contributed by atoms with E-state index in [2.05, 4.69) is 4.90 Å². The number of hydrogen-bond acceptors (Lipinski definition) is 2. The summed E-state index contributed by atoms with van der Waals surface area (Å²) in [6.07, 6.45) is 10.6. The summed E-state index contributed by atoms with van der Waals surface area (Å²) < 4.78 is 0. The Bertz CT molecular complexity index is 271. The first kappa shape index (κ1) is 12.9. The molecule has 2 aliphatic rings. The Morgan fingerprint density at radius 1 is 1.12 bits per heavy atom. The number of nitrogens with zero attached hydrogens (tertiary/aromatic N) is 1. The maximum Gasteiger partial charge on any atom is 0.323 e. The Labute approximate surface area is 104 Å². The summed E-state index contributed by atoms with van der Waals surface area (Å²) in [6, 6.07) is 0.513. The average Bonchev–Trinajstić information content (AvgIpc) is 2.58. The summed E-state index contributed by atoms with van der Waals surface area (Å²) in [6.45, 7) is 2.91. The fourth-order valence-corrected chi connectivity index (χ4v) is 3.53. The molecule has 1 atom stereocenters. The topological polar surface area (TPSA) is 40.5 Å². The number of carbonyl (C=O) groups is 1. The van der Waals surface area contributed by atoms with Gasteiger partial charge in [-0.05, 0) is 45.6 Å². The van der Waals surface area contributed by atoms with Crippen LogP contribution in [0.5, 0.6) is 0 Å². The van der Waals surface area contributed by atoms with Crippen LogP contribution in [0.15, 0.2) is 0 Å². The van der Waals surface area contributed by atoms with Gasteiger partial charge in [-0.2, -0.15) is 0 Å². The van der Waals surface area contributed by atoms with E-state index >= 15 is 0 Å². The Hall–Kier alpha value is -0.570. The van der Waals surface area contributed by atoms with Crippen LogP contribution in [0.3, 0.4) is 0 Å². The molecule has 1 aliphatic heterocycles. The van der Waals surface area contributed by atoms with Gasteiger partial charge in [0.15, 0.2) is 0 Å². The van der Waals surface area contributed by atoms with E-state index in [-0.39, 0.29) is 0 Å². The molecular formula is C14H25NO2. The SMILES string of the molecule is CC1(C(=O)O)CCCCN1C1CCCCCC1. The van der Waals surface area contributed by atoms with Gasteiger partial charge < -0.3 is 5.11 Å². The quantitative estimate of drug-likeness (QED) is 0.753. The van der Waals surface area contributed by atoms with Gasteiger partial charge in [-0.3, -0.25) is 9.69 Å². The van der Waals surface area contributed by atoms with Crippen LogP contribution in [0.2, 0.25) is 0 Å². The molecule has 17 heavy (non-hydrogen) atoms. The standard InChI is InChI=1S/C14H25NO2/c1-14(13(16)17)10-6-7-11-15(14)12-8-4-2-3-5-9-12/h12H,2-11H2,1H3,(H,16,17). The van der Waals surface area contributed by atoms with Gasteiger partial charge in [-0.1, -0.05) is 25.7 Å². The number of aliphatic carboxylic acids is 1. The van der Waals surface area contributed by atoms with Crippen molar-refractivity contribution in [1.29, 1.82) is 0 Å². The first-order valence-corrected chi connectivity index (χ1v) is 7.15. The van der Waals surface area contributed by atoms with Gasteiger partial charge in [-0.25, -0.2) is 0 Å². The van der Waals surface area contributed by atoms with Crippen LogP contribution in [0, 0.1) is 0 Å². The molecule has 1 unspecified atom stereocenters. The summed E-state index contributed by atoms with van der Waals surface area (Å²) >= 11 is 0. The highest BCUT2D eigenvalue weighted by atomic mass is 16.4. The summed E-state index contributed by atoms with van der Waals surface area (Å²) in [7, 11) is 0. The molecule has 0 aromatic rings. The Morgan fingerprint density at radius 3 is 2.35 bits per heavy atom. The van der Waals surface area contributed by atoms with E-state index in [9.17, 15) is 9.90 Å². The summed E-state index contributed by atoms with van der Waals surface area (Å²) in [5, 5.41) is 9.53. The second-order valence-electron chi connectivity index (χ2n) is 5.87. The van der Waals surface area contributed by atoms with Crippen LogP contribution >= 0.6 is 0 Å². The maximum absolute atomic E-state index is 11.6. The van der Waals surface area contributed by atoms with E-state index < -0.39 is 11.5 Å². The molecule has 2 fully saturated rings. The minimum absolute atomic E-state index is 0.513. The number of piperidine rings is 1. The van der Waals surface area contributed by atoms with E-state index in [1.165, 1.54) is 44.9 Å². The zero-order valence-corrected chi connectivity index (χ0v) is 11.0. The van der Waals surface area contributed by atoms with Gasteiger partial charge in [0.05, 0.1) is 0 Å². The first-order valence-electron chi connectivity index (χ1n) is 7.15. The number of likely N-dealkylation sites (tertiary alicyclic amines) is 1. The van der Waals surface area contributed by atoms with Gasteiger partial charge in [-0.15, -0.1) is 0 Å². The van der Waals surface area contributed by atoms with Crippen molar-refractivity contribution in [2.75, 3.05) is 6.54 Å². The summed E-state index contributed by atoms with van der Waals surface area (Å²) in [5.41, 5.74) is -0.604. The summed E-state index contributed by atoms with van der Waals surface area (Å²) in [4.78, 5) is 13.9. The molecule has 1 saturated heterocycles. The minimum atomic E-state index is -0.624. The second kappa shape index (κ2) is 5.38. The van der Waals surface area contributed by atoms with E-state index in [0.29, 0.717) is 6.04 Å². The van der Waals surface area contributed by atoms with Crippen molar-refractivity contribution >= 4 is 5.97 Å². The van der Waals surface area contributed by atoms with E-state index in [0.717, 1.165) is 19.4 Å². The highest BCUT2D eigenvalue weighted by Crippen LogP contribution is 2.34. The molecule has 0 bridgehead atoms. The molecule has 1 saturated carbocycles.